The molecule has 1 rings (SSSR count). The molecule has 0 atom stereocenters. The van der Waals surface area contributed by atoms with E-state index in [9.17, 15) is 9.59 Å². The Morgan fingerprint density at radius 2 is 1.62 bits per heavy atom. The van der Waals surface area contributed by atoms with E-state index in [0.29, 0.717) is 17.1 Å². The molecule has 1 N–H and O–H groups in total. The first-order valence-electron chi connectivity index (χ1n) is 8.98. The van der Waals surface area contributed by atoms with Gasteiger partial charge in [0.1, 0.15) is 5.57 Å². The van der Waals surface area contributed by atoms with Gasteiger partial charge in [0.05, 0.1) is 6.61 Å². The van der Waals surface area contributed by atoms with Crippen molar-refractivity contribution in [3.63, 3.8) is 0 Å². The highest BCUT2D eigenvalue weighted by Gasteiger charge is 2.31. The van der Waals surface area contributed by atoms with Crippen LogP contribution in [0.1, 0.15) is 48.0 Å². The van der Waals surface area contributed by atoms with Gasteiger partial charge in [0.2, 0.25) is 0 Å². The summed E-state index contributed by atoms with van der Waals surface area (Å²) in [5.74, 6) is -0.936. The highest BCUT2D eigenvalue weighted by atomic mass is 35.5. The van der Waals surface area contributed by atoms with Gasteiger partial charge in [-0.3, -0.25) is 4.79 Å². The molecular formula is C20H29ClN2O3. The number of ether oxygens (including phenoxy) is 1. The first-order chi connectivity index (χ1) is 12.2. The quantitative estimate of drug-likeness (QED) is 0.309. The SMILES string of the molecule is CCOC(=O)/C(C(=O)N(C(C)C)C(C)C)=C(/CC)Nc1ccc(Cl)cc1. The van der Waals surface area contributed by atoms with Crippen molar-refractivity contribution in [2.75, 3.05) is 11.9 Å². The predicted octanol–water partition coefficient (Wildman–Crippen LogP) is 4.62. The number of allylic oxidation sites excluding steroid dienone is 1. The van der Waals surface area contributed by atoms with Crippen LogP contribution in [0.5, 0.6) is 0 Å². The Kier molecular flexibility index (Phi) is 8.66. The summed E-state index contributed by atoms with van der Waals surface area (Å²) in [6.07, 6.45) is 0.479. The maximum atomic E-state index is 13.2. The Balaban J connectivity index is 3.38. The zero-order valence-electron chi connectivity index (χ0n) is 16.4. The van der Waals surface area contributed by atoms with Crippen molar-refractivity contribution in [2.45, 2.75) is 60.0 Å². The van der Waals surface area contributed by atoms with E-state index in [2.05, 4.69) is 5.32 Å². The molecule has 144 valence electrons. The van der Waals surface area contributed by atoms with E-state index in [4.69, 9.17) is 16.3 Å². The maximum absolute atomic E-state index is 13.2. The Morgan fingerprint density at radius 3 is 2.04 bits per heavy atom. The van der Waals surface area contributed by atoms with Gasteiger partial charge in [-0.2, -0.15) is 0 Å². The van der Waals surface area contributed by atoms with Gasteiger partial charge in [0.25, 0.3) is 5.91 Å². The molecule has 26 heavy (non-hydrogen) atoms. The second kappa shape index (κ2) is 10.2. The topological polar surface area (TPSA) is 58.6 Å². The number of carbonyl (C=O) groups excluding carboxylic acids is 2. The van der Waals surface area contributed by atoms with Crippen molar-refractivity contribution in [2.24, 2.45) is 0 Å². The van der Waals surface area contributed by atoms with Crippen LogP contribution in [-0.4, -0.2) is 35.5 Å². The van der Waals surface area contributed by atoms with Crippen LogP contribution < -0.4 is 5.32 Å². The zero-order chi connectivity index (χ0) is 19.9. The number of benzene rings is 1. The highest BCUT2D eigenvalue weighted by Crippen LogP contribution is 2.21. The molecule has 1 aromatic carbocycles. The first kappa shape index (κ1) is 22.0. The molecule has 0 saturated carbocycles. The summed E-state index contributed by atoms with van der Waals surface area (Å²) in [6.45, 7) is 11.5. The average molecular weight is 381 g/mol. The van der Waals surface area contributed by atoms with Gasteiger partial charge in [0, 0.05) is 28.5 Å². The minimum atomic E-state index is -0.609. The van der Waals surface area contributed by atoms with E-state index < -0.39 is 5.97 Å². The maximum Gasteiger partial charge on any atom is 0.345 e. The van der Waals surface area contributed by atoms with Crippen LogP contribution in [0.3, 0.4) is 0 Å². The van der Waals surface area contributed by atoms with Gasteiger partial charge < -0.3 is 15.0 Å². The third-order valence-electron chi connectivity index (χ3n) is 3.84. The molecule has 0 spiro atoms. The molecule has 0 aliphatic rings. The fourth-order valence-electron chi connectivity index (χ4n) is 2.77. The van der Waals surface area contributed by atoms with Crippen LogP contribution in [0, 0.1) is 0 Å². The van der Waals surface area contributed by atoms with E-state index in [1.165, 1.54) is 0 Å². The lowest BCUT2D eigenvalue weighted by Crippen LogP contribution is -2.44. The van der Waals surface area contributed by atoms with Crippen molar-refractivity contribution < 1.29 is 14.3 Å². The summed E-state index contributed by atoms with van der Waals surface area (Å²) >= 11 is 5.92. The molecule has 0 aliphatic heterocycles. The molecule has 0 aliphatic carbocycles. The number of carbonyl (C=O) groups is 2. The highest BCUT2D eigenvalue weighted by molar-refractivity contribution is 6.30. The van der Waals surface area contributed by atoms with Gasteiger partial charge in [-0.05, 0) is 65.3 Å². The smallest absolute Gasteiger partial charge is 0.345 e. The number of hydrogen-bond acceptors (Lipinski definition) is 4. The Hall–Kier alpha value is -2.01. The average Bonchev–Trinajstić information content (AvgIpc) is 2.55. The van der Waals surface area contributed by atoms with E-state index in [0.717, 1.165) is 5.69 Å². The molecule has 0 heterocycles. The molecule has 0 radical (unpaired) electrons. The molecule has 1 amide bonds. The van der Waals surface area contributed by atoms with Crippen LogP contribution in [0.25, 0.3) is 0 Å². The minimum absolute atomic E-state index is 0.0411. The van der Waals surface area contributed by atoms with Crippen LogP contribution in [0.2, 0.25) is 5.02 Å². The van der Waals surface area contributed by atoms with Gasteiger partial charge in [-0.15, -0.1) is 0 Å². The number of hydrogen-bond donors (Lipinski definition) is 1. The van der Waals surface area contributed by atoms with E-state index in [1.807, 2.05) is 34.6 Å². The van der Waals surface area contributed by atoms with Gasteiger partial charge in [-0.25, -0.2) is 4.79 Å². The van der Waals surface area contributed by atoms with Crippen molar-refractivity contribution in [3.05, 3.63) is 40.6 Å². The Morgan fingerprint density at radius 1 is 1.08 bits per heavy atom. The summed E-state index contributed by atoms with van der Waals surface area (Å²) in [7, 11) is 0. The van der Waals surface area contributed by atoms with Crippen LogP contribution in [-0.2, 0) is 14.3 Å². The summed E-state index contributed by atoms with van der Waals surface area (Å²) < 4.78 is 5.17. The fraction of sp³-hybridized carbons (Fsp3) is 0.500. The molecule has 0 fully saturated rings. The van der Waals surface area contributed by atoms with Crippen molar-refractivity contribution in [1.82, 2.24) is 4.90 Å². The molecule has 0 saturated heterocycles. The summed E-state index contributed by atoms with van der Waals surface area (Å²) in [6, 6.07) is 7.01. The molecular weight excluding hydrogens is 352 g/mol. The number of halogens is 1. The number of rotatable bonds is 8. The number of nitrogens with zero attached hydrogens (tertiary/aromatic N) is 1. The lowest BCUT2D eigenvalue weighted by molar-refractivity contribution is -0.143. The number of esters is 1. The van der Waals surface area contributed by atoms with Crippen LogP contribution >= 0.6 is 11.6 Å². The van der Waals surface area contributed by atoms with Crippen molar-refractivity contribution in [1.29, 1.82) is 0 Å². The predicted molar refractivity (Wildman–Crippen MR) is 106 cm³/mol. The summed E-state index contributed by atoms with van der Waals surface area (Å²) in [5.41, 5.74) is 1.33. The van der Waals surface area contributed by atoms with Crippen LogP contribution in [0.4, 0.5) is 5.69 Å². The van der Waals surface area contributed by atoms with E-state index >= 15 is 0 Å². The zero-order valence-corrected chi connectivity index (χ0v) is 17.2. The monoisotopic (exact) mass is 380 g/mol. The summed E-state index contributed by atoms with van der Waals surface area (Å²) in [5, 5.41) is 3.80. The third-order valence-corrected chi connectivity index (χ3v) is 4.09. The number of anilines is 1. The number of nitrogens with one attached hydrogen (secondary N) is 1. The molecule has 0 aromatic heterocycles. The lowest BCUT2D eigenvalue weighted by Gasteiger charge is -2.32. The molecule has 6 heteroatoms. The van der Waals surface area contributed by atoms with Gasteiger partial charge in [0.15, 0.2) is 0 Å². The number of amides is 1. The van der Waals surface area contributed by atoms with Crippen molar-refractivity contribution >= 4 is 29.2 Å². The third kappa shape index (κ3) is 5.77. The van der Waals surface area contributed by atoms with Gasteiger partial charge >= 0.3 is 5.97 Å². The van der Waals surface area contributed by atoms with E-state index in [-0.39, 0.29) is 30.2 Å². The second-order valence-corrected chi connectivity index (χ2v) is 6.90. The van der Waals surface area contributed by atoms with Crippen molar-refractivity contribution in [3.8, 4) is 0 Å². The normalized spacial score (nSPS) is 12.0. The van der Waals surface area contributed by atoms with Crippen LogP contribution in [0.15, 0.2) is 35.5 Å². The molecule has 0 bridgehead atoms. The molecule has 5 nitrogen and oxygen atoms in total. The Bertz CT molecular complexity index is 644. The second-order valence-electron chi connectivity index (χ2n) is 6.46. The molecule has 1 aromatic rings. The summed E-state index contributed by atoms with van der Waals surface area (Å²) in [4.78, 5) is 27.5. The Labute approximate surface area is 161 Å². The lowest BCUT2D eigenvalue weighted by atomic mass is 10.1. The standard InChI is InChI=1S/C20H29ClN2O3/c1-7-17(22-16-11-9-15(21)10-12-16)18(20(25)26-8-2)19(24)23(13(3)4)14(5)6/h9-14,22H,7-8H2,1-6H3/b18-17-. The largest absolute Gasteiger partial charge is 0.462 e. The molecule has 0 unspecified atom stereocenters. The van der Waals surface area contributed by atoms with E-state index in [1.54, 1.807) is 36.1 Å². The fourth-order valence-corrected chi connectivity index (χ4v) is 2.90. The van der Waals surface area contributed by atoms with Gasteiger partial charge in [-0.1, -0.05) is 18.5 Å². The first-order valence-corrected chi connectivity index (χ1v) is 9.36. The minimum Gasteiger partial charge on any atom is -0.462 e.